The number of carbonyl (C=O) groups is 2. The summed E-state index contributed by atoms with van der Waals surface area (Å²) in [4.78, 5) is 29.6. The molecule has 0 unspecified atom stereocenters. The van der Waals surface area contributed by atoms with Crippen molar-refractivity contribution in [2.45, 2.75) is 31.9 Å². The van der Waals surface area contributed by atoms with E-state index < -0.39 is 6.09 Å². The highest BCUT2D eigenvalue weighted by Gasteiger charge is 2.28. The van der Waals surface area contributed by atoms with Gasteiger partial charge in [0.15, 0.2) is 0 Å². The first-order valence-corrected chi connectivity index (χ1v) is 13.0. The van der Waals surface area contributed by atoms with Crippen molar-refractivity contribution in [1.82, 2.24) is 9.80 Å². The van der Waals surface area contributed by atoms with Crippen molar-refractivity contribution in [1.29, 1.82) is 0 Å². The molecule has 5 rings (SSSR count). The minimum Gasteiger partial charge on any atom is -0.446 e. The van der Waals surface area contributed by atoms with E-state index in [4.69, 9.17) is 4.74 Å². The first kappa shape index (κ1) is 25.0. The van der Waals surface area contributed by atoms with E-state index in [1.165, 1.54) is 0 Å². The number of aliphatic hydroxyl groups excluding tert-OH is 1. The van der Waals surface area contributed by atoms with Gasteiger partial charge >= 0.3 is 6.09 Å². The van der Waals surface area contributed by atoms with Crippen molar-refractivity contribution in [2.75, 3.05) is 38.1 Å². The van der Waals surface area contributed by atoms with Crippen LogP contribution >= 0.6 is 0 Å². The smallest absolute Gasteiger partial charge is 0.411 e. The number of piperidine rings is 1. The fourth-order valence-corrected chi connectivity index (χ4v) is 5.16. The van der Waals surface area contributed by atoms with Crippen LogP contribution < -0.4 is 5.32 Å². The number of nitrogens with one attached hydrogen (secondary N) is 1. The molecule has 0 atom stereocenters. The van der Waals surface area contributed by atoms with Crippen molar-refractivity contribution in [3.05, 3.63) is 89.5 Å². The number of anilines is 1. The lowest BCUT2D eigenvalue weighted by atomic mass is 10.0. The fraction of sp³-hybridized carbons (Fsp3) is 0.333. The van der Waals surface area contributed by atoms with Gasteiger partial charge in [0.05, 0.1) is 5.69 Å². The molecule has 2 amide bonds. The van der Waals surface area contributed by atoms with Gasteiger partial charge in [-0.15, -0.1) is 0 Å². The van der Waals surface area contributed by atoms with Crippen LogP contribution in [0.3, 0.4) is 0 Å². The summed E-state index contributed by atoms with van der Waals surface area (Å²) >= 11 is 0. The molecule has 1 fully saturated rings. The van der Waals surface area contributed by atoms with Crippen LogP contribution in [0.2, 0.25) is 0 Å². The van der Waals surface area contributed by atoms with Gasteiger partial charge < -0.3 is 19.6 Å². The van der Waals surface area contributed by atoms with Crippen molar-refractivity contribution in [3.63, 3.8) is 0 Å². The molecule has 0 aromatic heterocycles. The Hall–Kier alpha value is -3.68. The van der Waals surface area contributed by atoms with Crippen LogP contribution in [0.25, 0.3) is 11.1 Å². The highest BCUT2D eigenvalue weighted by atomic mass is 16.6. The number of fused-ring (bicyclic) bond motifs is 1. The maximum atomic E-state index is 12.8. The van der Waals surface area contributed by atoms with E-state index in [0.29, 0.717) is 19.5 Å². The second kappa shape index (κ2) is 11.6. The number of para-hydroxylation sites is 1. The summed E-state index contributed by atoms with van der Waals surface area (Å²) < 4.78 is 5.74. The Morgan fingerprint density at radius 3 is 2.49 bits per heavy atom. The van der Waals surface area contributed by atoms with Crippen LogP contribution in [0.5, 0.6) is 0 Å². The lowest BCUT2D eigenvalue weighted by Crippen LogP contribution is -2.42. The molecule has 2 aliphatic rings. The molecule has 3 aromatic rings. The third kappa shape index (κ3) is 6.01. The molecule has 0 saturated carbocycles. The summed E-state index contributed by atoms with van der Waals surface area (Å²) in [5, 5.41) is 12.1. The number of hydrogen-bond donors (Lipinski definition) is 2. The summed E-state index contributed by atoms with van der Waals surface area (Å²) in [5.74, 6) is 0.0798. The molecule has 0 aliphatic carbocycles. The molecule has 1 saturated heterocycles. The van der Waals surface area contributed by atoms with Gasteiger partial charge in [0, 0.05) is 50.5 Å². The van der Waals surface area contributed by atoms with Gasteiger partial charge in [-0.1, -0.05) is 60.7 Å². The first-order chi connectivity index (χ1) is 18.1. The predicted octanol–water partition coefficient (Wildman–Crippen LogP) is 4.56. The summed E-state index contributed by atoms with van der Waals surface area (Å²) in [6.45, 7) is 3.86. The normalized spacial score (nSPS) is 16.0. The maximum Gasteiger partial charge on any atom is 0.411 e. The zero-order chi connectivity index (χ0) is 25.6. The van der Waals surface area contributed by atoms with Gasteiger partial charge in [0.2, 0.25) is 0 Å². The van der Waals surface area contributed by atoms with Gasteiger partial charge in [-0.2, -0.15) is 0 Å². The Balaban J connectivity index is 1.07. The Kier molecular flexibility index (Phi) is 7.82. The average Bonchev–Trinajstić information content (AvgIpc) is 3.24. The molecule has 0 bridgehead atoms. The molecule has 2 N–H and O–H groups in total. The zero-order valence-electron chi connectivity index (χ0n) is 20.9. The third-order valence-electron chi connectivity index (χ3n) is 7.19. The third-order valence-corrected chi connectivity index (χ3v) is 7.19. The Morgan fingerprint density at radius 2 is 1.70 bits per heavy atom. The largest absolute Gasteiger partial charge is 0.446 e. The summed E-state index contributed by atoms with van der Waals surface area (Å²) in [5.41, 5.74) is 5.60. The maximum absolute atomic E-state index is 12.8. The highest BCUT2D eigenvalue weighted by Crippen LogP contribution is 2.28. The number of likely N-dealkylation sites (tertiary alicyclic amines) is 1. The van der Waals surface area contributed by atoms with Crippen molar-refractivity contribution in [2.24, 2.45) is 0 Å². The molecule has 2 heterocycles. The molecule has 2 aliphatic heterocycles. The van der Waals surface area contributed by atoms with E-state index in [9.17, 15) is 14.7 Å². The standard InChI is InChI=1S/C30H33N3O4/c34-19-14-22-10-11-27-24(20-22)21-33(29(27)35)18-17-32-15-12-25(13-16-32)37-30(36)31-28-9-5-4-8-26(28)23-6-2-1-3-7-23/h1-11,20,25,34H,12-19,21H2,(H,31,36). The molecule has 37 heavy (non-hydrogen) atoms. The highest BCUT2D eigenvalue weighted by molar-refractivity contribution is 5.98. The first-order valence-electron chi connectivity index (χ1n) is 13.0. The molecular weight excluding hydrogens is 466 g/mol. The Labute approximate surface area is 217 Å². The van der Waals surface area contributed by atoms with E-state index in [1.807, 2.05) is 77.7 Å². The summed E-state index contributed by atoms with van der Waals surface area (Å²) in [6.07, 6.45) is 1.60. The lowest BCUT2D eigenvalue weighted by molar-refractivity contribution is 0.0528. The number of rotatable bonds is 8. The van der Waals surface area contributed by atoms with Crippen LogP contribution in [0.15, 0.2) is 72.8 Å². The molecule has 192 valence electrons. The topological polar surface area (TPSA) is 82.1 Å². The number of amides is 2. The van der Waals surface area contributed by atoms with Crippen molar-refractivity contribution in [3.8, 4) is 11.1 Å². The van der Waals surface area contributed by atoms with E-state index in [1.54, 1.807) is 0 Å². The van der Waals surface area contributed by atoms with Gasteiger partial charge in [0.25, 0.3) is 5.91 Å². The fourth-order valence-electron chi connectivity index (χ4n) is 5.16. The zero-order valence-corrected chi connectivity index (χ0v) is 20.9. The van der Waals surface area contributed by atoms with E-state index >= 15 is 0 Å². The SMILES string of the molecule is O=C(Nc1ccccc1-c1ccccc1)OC1CCN(CCN2Cc3cc(CCO)ccc3C2=O)CC1. The summed E-state index contributed by atoms with van der Waals surface area (Å²) in [7, 11) is 0. The van der Waals surface area contributed by atoms with Gasteiger partial charge in [-0.25, -0.2) is 4.79 Å². The Bertz CT molecular complexity index is 1240. The molecule has 0 spiro atoms. The molecule has 7 heteroatoms. The van der Waals surface area contributed by atoms with Gasteiger partial charge in [-0.05, 0) is 48.1 Å². The number of benzene rings is 3. The average molecular weight is 500 g/mol. The number of carbonyl (C=O) groups excluding carboxylic acids is 2. The number of nitrogens with zero attached hydrogens (tertiary/aromatic N) is 2. The number of ether oxygens (including phenoxy) is 1. The van der Waals surface area contributed by atoms with Crippen LogP contribution in [0, 0.1) is 0 Å². The van der Waals surface area contributed by atoms with Gasteiger partial charge in [0.1, 0.15) is 6.10 Å². The predicted molar refractivity (Wildman–Crippen MR) is 143 cm³/mol. The molecular formula is C30H33N3O4. The van der Waals surface area contributed by atoms with E-state index in [-0.39, 0.29) is 18.6 Å². The molecule has 7 nitrogen and oxygen atoms in total. The van der Waals surface area contributed by atoms with Crippen LogP contribution in [-0.2, 0) is 17.7 Å². The lowest BCUT2D eigenvalue weighted by Gasteiger charge is -2.32. The van der Waals surface area contributed by atoms with Crippen molar-refractivity contribution >= 4 is 17.7 Å². The minimum absolute atomic E-state index is 0.0798. The number of aliphatic hydroxyl groups is 1. The molecule has 0 radical (unpaired) electrons. The summed E-state index contributed by atoms with van der Waals surface area (Å²) in [6, 6.07) is 23.5. The monoisotopic (exact) mass is 499 g/mol. The molecule has 3 aromatic carbocycles. The quantitative estimate of drug-likeness (QED) is 0.475. The van der Waals surface area contributed by atoms with Crippen LogP contribution in [-0.4, -0.2) is 65.8 Å². The minimum atomic E-state index is -0.428. The second-order valence-corrected chi connectivity index (χ2v) is 9.67. The second-order valence-electron chi connectivity index (χ2n) is 9.67. The van der Waals surface area contributed by atoms with E-state index in [2.05, 4.69) is 10.2 Å². The van der Waals surface area contributed by atoms with Crippen molar-refractivity contribution < 1.29 is 19.4 Å². The van der Waals surface area contributed by atoms with Gasteiger partial charge in [-0.3, -0.25) is 10.1 Å². The Morgan fingerprint density at radius 1 is 0.946 bits per heavy atom. The van der Waals surface area contributed by atoms with E-state index in [0.717, 1.165) is 66.0 Å². The number of hydrogen-bond acceptors (Lipinski definition) is 5. The van der Waals surface area contributed by atoms with Crippen LogP contribution in [0.4, 0.5) is 10.5 Å². The van der Waals surface area contributed by atoms with Crippen LogP contribution in [0.1, 0.15) is 34.3 Å².